The fourth-order valence-electron chi connectivity index (χ4n) is 1.91. The minimum Gasteiger partial charge on any atom is -0.457 e. The molecule has 4 heteroatoms. The van der Waals surface area contributed by atoms with Gasteiger partial charge in [-0.05, 0) is 42.3 Å². The summed E-state index contributed by atoms with van der Waals surface area (Å²) in [7, 11) is 1.67. The van der Waals surface area contributed by atoms with E-state index in [0.29, 0.717) is 17.3 Å². The molecule has 0 atom stereocenters. The zero-order valence-corrected chi connectivity index (χ0v) is 12.4. The van der Waals surface area contributed by atoms with Crippen molar-refractivity contribution in [2.45, 2.75) is 13.5 Å². The van der Waals surface area contributed by atoms with Gasteiger partial charge in [-0.25, -0.2) is 0 Å². The number of methoxy groups -OCH3 is 1. The highest BCUT2D eigenvalue weighted by Gasteiger charge is 2.08. The van der Waals surface area contributed by atoms with Gasteiger partial charge < -0.3 is 15.2 Å². The van der Waals surface area contributed by atoms with Crippen molar-refractivity contribution >= 4 is 17.2 Å². The standard InChI is InChI=1S/C16H17NO2S/c1-11-6-7-14(16(17)20)15(8-11)19-13-5-3-4-12(9-13)10-18-2/h3-9H,10H2,1-2H3,(H2,17,20). The monoisotopic (exact) mass is 287 g/mol. The number of rotatable bonds is 5. The SMILES string of the molecule is COCc1cccc(Oc2cc(C)ccc2C(N)=S)c1. The summed E-state index contributed by atoms with van der Waals surface area (Å²) in [5.74, 6) is 1.41. The topological polar surface area (TPSA) is 44.5 Å². The molecule has 0 radical (unpaired) electrons. The van der Waals surface area contributed by atoms with Crippen LogP contribution in [0, 0.1) is 6.92 Å². The molecule has 2 rings (SSSR count). The van der Waals surface area contributed by atoms with Crippen LogP contribution in [0.2, 0.25) is 0 Å². The molecular weight excluding hydrogens is 270 g/mol. The average molecular weight is 287 g/mol. The Morgan fingerprint density at radius 1 is 1.20 bits per heavy atom. The lowest BCUT2D eigenvalue weighted by atomic mass is 10.1. The molecule has 0 heterocycles. The minimum absolute atomic E-state index is 0.327. The summed E-state index contributed by atoms with van der Waals surface area (Å²) in [5, 5.41) is 0. The van der Waals surface area contributed by atoms with Gasteiger partial charge >= 0.3 is 0 Å². The molecule has 0 aliphatic rings. The molecular formula is C16H17NO2S. The van der Waals surface area contributed by atoms with Gasteiger partial charge in [-0.3, -0.25) is 0 Å². The second-order valence-corrected chi connectivity index (χ2v) is 4.99. The van der Waals surface area contributed by atoms with Crippen LogP contribution in [-0.4, -0.2) is 12.1 Å². The predicted molar refractivity (Wildman–Crippen MR) is 84.3 cm³/mol. The van der Waals surface area contributed by atoms with Crippen LogP contribution in [0.25, 0.3) is 0 Å². The van der Waals surface area contributed by atoms with Crippen molar-refractivity contribution in [2.24, 2.45) is 5.73 Å². The predicted octanol–water partition coefficient (Wildman–Crippen LogP) is 3.57. The van der Waals surface area contributed by atoms with Crippen LogP contribution in [0.4, 0.5) is 0 Å². The molecule has 3 nitrogen and oxygen atoms in total. The fraction of sp³-hybridized carbons (Fsp3) is 0.188. The molecule has 104 valence electrons. The van der Waals surface area contributed by atoms with Gasteiger partial charge in [0, 0.05) is 7.11 Å². The molecule has 0 saturated heterocycles. The van der Waals surface area contributed by atoms with E-state index in [1.54, 1.807) is 7.11 Å². The minimum atomic E-state index is 0.327. The number of benzene rings is 2. The van der Waals surface area contributed by atoms with Crippen molar-refractivity contribution < 1.29 is 9.47 Å². The van der Waals surface area contributed by atoms with Gasteiger partial charge in [-0.2, -0.15) is 0 Å². The maximum atomic E-state index is 5.92. The van der Waals surface area contributed by atoms with Crippen molar-refractivity contribution in [1.82, 2.24) is 0 Å². The van der Waals surface area contributed by atoms with Crippen LogP contribution < -0.4 is 10.5 Å². The van der Waals surface area contributed by atoms with Gasteiger partial charge in [0.15, 0.2) is 0 Å². The lowest BCUT2D eigenvalue weighted by Crippen LogP contribution is -2.10. The van der Waals surface area contributed by atoms with Crippen LogP contribution in [0.15, 0.2) is 42.5 Å². The Balaban J connectivity index is 2.31. The van der Waals surface area contributed by atoms with Crippen molar-refractivity contribution in [1.29, 1.82) is 0 Å². The number of hydrogen-bond donors (Lipinski definition) is 1. The normalized spacial score (nSPS) is 10.3. The summed E-state index contributed by atoms with van der Waals surface area (Å²) in [5.41, 5.74) is 8.61. The van der Waals surface area contributed by atoms with Gasteiger partial charge in [0.2, 0.25) is 0 Å². The lowest BCUT2D eigenvalue weighted by molar-refractivity contribution is 0.184. The van der Waals surface area contributed by atoms with E-state index in [1.807, 2.05) is 49.4 Å². The van der Waals surface area contributed by atoms with Crippen molar-refractivity contribution in [3.05, 3.63) is 59.2 Å². The first-order valence-corrected chi connectivity index (χ1v) is 6.67. The molecule has 0 fully saturated rings. The van der Waals surface area contributed by atoms with Crippen molar-refractivity contribution in [3.8, 4) is 11.5 Å². The Hall–Kier alpha value is -1.91. The molecule has 0 aromatic heterocycles. The smallest absolute Gasteiger partial charge is 0.137 e. The van der Waals surface area contributed by atoms with E-state index in [9.17, 15) is 0 Å². The molecule has 0 unspecified atom stereocenters. The fourth-order valence-corrected chi connectivity index (χ4v) is 2.08. The van der Waals surface area contributed by atoms with Gasteiger partial charge in [-0.15, -0.1) is 0 Å². The highest BCUT2D eigenvalue weighted by molar-refractivity contribution is 7.80. The number of aryl methyl sites for hydroxylation is 1. The van der Waals surface area contributed by atoms with Crippen molar-refractivity contribution in [3.63, 3.8) is 0 Å². The highest BCUT2D eigenvalue weighted by Crippen LogP contribution is 2.27. The molecule has 0 spiro atoms. The summed E-state index contributed by atoms with van der Waals surface area (Å²) in [6, 6.07) is 13.5. The molecule has 2 aromatic carbocycles. The summed E-state index contributed by atoms with van der Waals surface area (Å²) in [6.45, 7) is 2.55. The Labute approximate surface area is 124 Å². The van der Waals surface area contributed by atoms with E-state index < -0.39 is 0 Å². The summed E-state index contributed by atoms with van der Waals surface area (Å²) in [6.07, 6.45) is 0. The van der Waals surface area contributed by atoms with Gasteiger partial charge in [-0.1, -0.05) is 30.4 Å². The average Bonchev–Trinajstić information content (AvgIpc) is 2.39. The van der Waals surface area contributed by atoms with E-state index >= 15 is 0 Å². The Bertz CT molecular complexity index is 626. The maximum absolute atomic E-state index is 5.92. The first-order chi connectivity index (χ1) is 9.60. The molecule has 2 N–H and O–H groups in total. The number of hydrogen-bond acceptors (Lipinski definition) is 3. The second-order valence-electron chi connectivity index (χ2n) is 4.55. The van der Waals surface area contributed by atoms with Gasteiger partial charge in [0.25, 0.3) is 0 Å². The first kappa shape index (κ1) is 14.5. The van der Waals surface area contributed by atoms with Crippen LogP contribution >= 0.6 is 12.2 Å². The summed E-state index contributed by atoms with van der Waals surface area (Å²) < 4.78 is 11.0. The highest BCUT2D eigenvalue weighted by atomic mass is 32.1. The molecule has 0 amide bonds. The molecule has 2 aromatic rings. The van der Waals surface area contributed by atoms with Crippen molar-refractivity contribution in [2.75, 3.05) is 7.11 Å². The first-order valence-electron chi connectivity index (χ1n) is 6.26. The quantitative estimate of drug-likeness (QED) is 0.854. The lowest BCUT2D eigenvalue weighted by Gasteiger charge is -2.12. The third-order valence-corrected chi connectivity index (χ3v) is 3.06. The van der Waals surface area contributed by atoms with Crippen LogP contribution in [0.5, 0.6) is 11.5 Å². The molecule has 20 heavy (non-hydrogen) atoms. The van der Waals surface area contributed by atoms with E-state index in [0.717, 1.165) is 22.4 Å². The largest absolute Gasteiger partial charge is 0.457 e. The van der Waals surface area contributed by atoms with Crippen LogP contribution in [0.3, 0.4) is 0 Å². The Morgan fingerprint density at radius 2 is 2.00 bits per heavy atom. The van der Waals surface area contributed by atoms with E-state index in [1.165, 1.54) is 0 Å². The van der Waals surface area contributed by atoms with Crippen LogP contribution in [0.1, 0.15) is 16.7 Å². The van der Waals surface area contributed by atoms with Gasteiger partial charge in [0.05, 0.1) is 12.2 Å². The Morgan fingerprint density at radius 3 is 2.70 bits per heavy atom. The van der Waals surface area contributed by atoms with E-state index in [-0.39, 0.29) is 0 Å². The van der Waals surface area contributed by atoms with E-state index in [4.69, 9.17) is 27.4 Å². The van der Waals surface area contributed by atoms with Crippen LogP contribution in [-0.2, 0) is 11.3 Å². The third-order valence-electron chi connectivity index (χ3n) is 2.84. The number of ether oxygens (including phenoxy) is 2. The third kappa shape index (κ3) is 3.56. The summed E-state index contributed by atoms with van der Waals surface area (Å²) in [4.78, 5) is 0.327. The zero-order chi connectivity index (χ0) is 14.5. The molecule has 0 aliphatic carbocycles. The molecule has 0 bridgehead atoms. The van der Waals surface area contributed by atoms with E-state index in [2.05, 4.69) is 0 Å². The summed E-state index contributed by atoms with van der Waals surface area (Å²) >= 11 is 5.05. The second kappa shape index (κ2) is 6.50. The number of thiocarbonyl (C=S) groups is 1. The molecule has 0 saturated carbocycles. The number of nitrogens with two attached hydrogens (primary N) is 1. The Kier molecular flexibility index (Phi) is 4.71. The maximum Gasteiger partial charge on any atom is 0.137 e. The van der Waals surface area contributed by atoms with Gasteiger partial charge in [0.1, 0.15) is 16.5 Å². The molecule has 0 aliphatic heterocycles. The zero-order valence-electron chi connectivity index (χ0n) is 11.6.